The third kappa shape index (κ3) is 4.60. The molecule has 1 unspecified atom stereocenters. The Hall–Kier alpha value is -2.98. The van der Waals surface area contributed by atoms with Crippen LogP contribution in [0, 0.1) is 0 Å². The zero-order valence-electron chi connectivity index (χ0n) is 17.7. The van der Waals surface area contributed by atoms with E-state index in [9.17, 15) is 0 Å². The predicted octanol–water partition coefficient (Wildman–Crippen LogP) is 4.95. The van der Waals surface area contributed by atoms with Crippen molar-refractivity contribution in [2.45, 2.75) is 25.8 Å². The Kier molecular flexibility index (Phi) is 6.55. The van der Waals surface area contributed by atoms with E-state index in [1.807, 2.05) is 19.1 Å². The minimum atomic E-state index is 0.108. The largest absolute Gasteiger partial charge is 0.493 e. The highest BCUT2D eigenvalue weighted by Gasteiger charge is 2.24. The molecule has 1 heterocycles. The van der Waals surface area contributed by atoms with Gasteiger partial charge in [0, 0.05) is 13.0 Å². The van der Waals surface area contributed by atoms with Gasteiger partial charge < -0.3 is 19.5 Å². The molecule has 0 saturated heterocycles. The molecule has 0 spiro atoms. The SMILES string of the molecule is CCOc1cc2c(cc1OC)CCNC2c1cccc(OCCc2ccccc2)c1. The molecule has 3 aromatic carbocycles. The van der Waals surface area contributed by atoms with Crippen LogP contribution in [-0.4, -0.2) is 26.9 Å². The lowest BCUT2D eigenvalue weighted by atomic mass is 9.89. The summed E-state index contributed by atoms with van der Waals surface area (Å²) in [5, 5.41) is 3.66. The summed E-state index contributed by atoms with van der Waals surface area (Å²) in [6, 6.07) is 23.2. The lowest BCUT2D eigenvalue weighted by molar-refractivity contribution is 0.309. The minimum absolute atomic E-state index is 0.108. The molecule has 0 saturated carbocycles. The second-order valence-corrected chi connectivity index (χ2v) is 7.43. The van der Waals surface area contributed by atoms with Crippen molar-refractivity contribution >= 4 is 0 Å². The Bertz CT molecular complexity index is 971. The first-order valence-corrected chi connectivity index (χ1v) is 10.6. The van der Waals surface area contributed by atoms with E-state index < -0.39 is 0 Å². The smallest absolute Gasteiger partial charge is 0.161 e. The molecule has 0 aliphatic carbocycles. The average Bonchev–Trinajstić information content (AvgIpc) is 2.79. The molecule has 4 nitrogen and oxygen atoms in total. The molecule has 1 atom stereocenters. The standard InChI is InChI=1S/C26H29NO3/c1-3-29-25-18-23-20(17-24(25)28-2)12-14-27-26(23)21-10-7-11-22(16-21)30-15-13-19-8-5-4-6-9-19/h4-11,16-18,26-27H,3,12-15H2,1-2H3. The molecule has 4 rings (SSSR count). The zero-order chi connectivity index (χ0) is 20.8. The molecule has 4 heteroatoms. The number of hydrogen-bond acceptors (Lipinski definition) is 4. The second kappa shape index (κ2) is 9.68. The summed E-state index contributed by atoms with van der Waals surface area (Å²) < 4.78 is 17.4. The van der Waals surface area contributed by atoms with Crippen molar-refractivity contribution in [3.8, 4) is 17.2 Å². The molecule has 156 valence electrons. The minimum Gasteiger partial charge on any atom is -0.493 e. The number of nitrogens with one attached hydrogen (secondary N) is 1. The molecule has 0 fully saturated rings. The van der Waals surface area contributed by atoms with Gasteiger partial charge in [0.25, 0.3) is 0 Å². The maximum atomic E-state index is 6.06. The van der Waals surface area contributed by atoms with E-state index in [1.165, 1.54) is 22.3 Å². The van der Waals surface area contributed by atoms with Crippen molar-refractivity contribution in [3.63, 3.8) is 0 Å². The molecule has 1 aliphatic heterocycles. The summed E-state index contributed by atoms with van der Waals surface area (Å²) >= 11 is 0. The van der Waals surface area contributed by atoms with E-state index in [4.69, 9.17) is 14.2 Å². The van der Waals surface area contributed by atoms with E-state index in [2.05, 4.69) is 59.9 Å². The van der Waals surface area contributed by atoms with E-state index in [-0.39, 0.29) is 6.04 Å². The van der Waals surface area contributed by atoms with Gasteiger partial charge in [-0.25, -0.2) is 0 Å². The number of benzene rings is 3. The van der Waals surface area contributed by atoms with Gasteiger partial charge in [-0.2, -0.15) is 0 Å². The van der Waals surface area contributed by atoms with Crippen LogP contribution < -0.4 is 19.5 Å². The van der Waals surface area contributed by atoms with Crippen LogP contribution in [0.25, 0.3) is 0 Å². The van der Waals surface area contributed by atoms with Gasteiger partial charge in [-0.1, -0.05) is 42.5 Å². The molecule has 30 heavy (non-hydrogen) atoms. The first-order chi connectivity index (χ1) is 14.8. The van der Waals surface area contributed by atoms with Crippen molar-refractivity contribution in [1.82, 2.24) is 5.32 Å². The highest BCUT2D eigenvalue weighted by Crippen LogP contribution is 2.38. The van der Waals surface area contributed by atoms with Crippen molar-refractivity contribution in [2.75, 3.05) is 26.9 Å². The van der Waals surface area contributed by atoms with Gasteiger partial charge in [0.2, 0.25) is 0 Å². The van der Waals surface area contributed by atoms with Crippen molar-refractivity contribution in [1.29, 1.82) is 0 Å². The first kappa shape index (κ1) is 20.3. The highest BCUT2D eigenvalue weighted by molar-refractivity contribution is 5.52. The summed E-state index contributed by atoms with van der Waals surface area (Å²) in [6.07, 6.45) is 1.87. The fourth-order valence-corrected chi connectivity index (χ4v) is 4.00. The molecular weight excluding hydrogens is 374 g/mol. The van der Waals surface area contributed by atoms with Crippen LogP contribution in [0.3, 0.4) is 0 Å². The topological polar surface area (TPSA) is 39.7 Å². The lowest BCUT2D eigenvalue weighted by Gasteiger charge is -2.29. The van der Waals surface area contributed by atoms with Gasteiger partial charge in [-0.3, -0.25) is 0 Å². The van der Waals surface area contributed by atoms with Gasteiger partial charge in [0.15, 0.2) is 11.5 Å². The van der Waals surface area contributed by atoms with Gasteiger partial charge >= 0.3 is 0 Å². The lowest BCUT2D eigenvalue weighted by Crippen LogP contribution is -2.30. The van der Waals surface area contributed by atoms with Crippen molar-refractivity contribution in [3.05, 3.63) is 89.0 Å². The fourth-order valence-electron chi connectivity index (χ4n) is 4.00. The van der Waals surface area contributed by atoms with Crippen LogP contribution in [0.5, 0.6) is 17.2 Å². The average molecular weight is 404 g/mol. The monoisotopic (exact) mass is 403 g/mol. The molecule has 0 amide bonds. The molecule has 3 aromatic rings. The van der Waals surface area contributed by atoms with Crippen molar-refractivity contribution in [2.24, 2.45) is 0 Å². The van der Waals surface area contributed by atoms with E-state index in [0.717, 1.165) is 36.6 Å². The van der Waals surface area contributed by atoms with Gasteiger partial charge in [-0.15, -0.1) is 0 Å². The Labute approximate surface area is 178 Å². The Morgan fingerprint density at radius 2 is 1.80 bits per heavy atom. The first-order valence-electron chi connectivity index (χ1n) is 10.6. The number of rotatable bonds is 8. The second-order valence-electron chi connectivity index (χ2n) is 7.43. The third-order valence-electron chi connectivity index (χ3n) is 5.47. The number of ether oxygens (including phenoxy) is 3. The van der Waals surface area contributed by atoms with Gasteiger partial charge in [0.1, 0.15) is 5.75 Å². The molecule has 1 aliphatic rings. The number of hydrogen-bond donors (Lipinski definition) is 1. The molecule has 1 N–H and O–H groups in total. The Balaban J connectivity index is 1.53. The summed E-state index contributed by atoms with van der Waals surface area (Å²) in [4.78, 5) is 0. The number of methoxy groups -OCH3 is 1. The predicted molar refractivity (Wildman–Crippen MR) is 120 cm³/mol. The quantitative estimate of drug-likeness (QED) is 0.578. The van der Waals surface area contributed by atoms with E-state index >= 15 is 0 Å². The normalized spacial score (nSPS) is 15.3. The summed E-state index contributed by atoms with van der Waals surface area (Å²) in [7, 11) is 1.69. The van der Waals surface area contributed by atoms with Crippen molar-refractivity contribution < 1.29 is 14.2 Å². The van der Waals surface area contributed by atoms with Crippen LogP contribution in [0.2, 0.25) is 0 Å². The third-order valence-corrected chi connectivity index (χ3v) is 5.47. The van der Waals surface area contributed by atoms with Crippen LogP contribution in [-0.2, 0) is 12.8 Å². The summed E-state index contributed by atoms with van der Waals surface area (Å²) in [5.74, 6) is 2.49. The van der Waals surface area contributed by atoms with Crippen LogP contribution in [0.4, 0.5) is 0 Å². The summed E-state index contributed by atoms with van der Waals surface area (Å²) in [6.45, 7) is 4.19. The van der Waals surface area contributed by atoms with Gasteiger partial charge in [-0.05, 0) is 59.9 Å². The fraction of sp³-hybridized carbons (Fsp3) is 0.308. The molecule has 0 radical (unpaired) electrons. The Morgan fingerprint density at radius 1 is 0.933 bits per heavy atom. The molecular formula is C26H29NO3. The van der Waals surface area contributed by atoms with Crippen LogP contribution >= 0.6 is 0 Å². The summed E-state index contributed by atoms with van der Waals surface area (Å²) in [5.41, 5.74) is 5.02. The maximum Gasteiger partial charge on any atom is 0.161 e. The zero-order valence-corrected chi connectivity index (χ0v) is 17.7. The van der Waals surface area contributed by atoms with Gasteiger partial charge in [0.05, 0.1) is 26.4 Å². The highest BCUT2D eigenvalue weighted by atomic mass is 16.5. The van der Waals surface area contributed by atoms with E-state index in [1.54, 1.807) is 7.11 Å². The molecule has 0 aromatic heterocycles. The maximum absolute atomic E-state index is 6.06. The number of fused-ring (bicyclic) bond motifs is 1. The van der Waals surface area contributed by atoms with Crippen LogP contribution in [0.1, 0.15) is 35.2 Å². The van der Waals surface area contributed by atoms with Crippen LogP contribution in [0.15, 0.2) is 66.7 Å². The Morgan fingerprint density at radius 3 is 2.60 bits per heavy atom. The van der Waals surface area contributed by atoms with E-state index in [0.29, 0.717) is 13.2 Å². The molecule has 0 bridgehead atoms.